The second-order valence-corrected chi connectivity index (χ2v) is 7.77. The second kappa shape index (κ2) is 9.08. The lowest BCUT2D eigenvalue weighted by atomic mass is 10.0. The molecule has 0 aliphatic carbocycles. The Morgan fingerprint density at radius 3 is 2.12 bits per heavy atom. The number of aromatic hydroxyl groups is 1. The third kappa shape index (κ3) is 3.84. The molecule has 1 aromatic heterocycles. The van der Waals surface area contributed by atoms with E-state index in [0.717, 1.165) is 11.1 Å². The molecule has 5 heteroatoms. The van der Waals surface area contributed by atoms with Gasteiger partial charge in [0.15, 0.2) is 0 Å². The molecule has 0 unspecified atom stereocenters. The maximum absolute atomic E-state index is 13.4. The van der Waals surface area contributed by atoms with Crippen LogP contribution in [-0.2, 0) is 0 Å². The maximum Gasteiger partial charge on any atom is 0.265 e. The summed E-state index contributed by atoms with van der Waals surface area (Å²) in [5.74, 6) is 0.446. The minimum Gasteiger partial charge on any atom is -0.494 e. The van der Waals surface area contributed by atoms with Gasteiger partial charge in [0, 0.05) is 17.0 Å². The number of aromatic nitrogens is 1. The number of pyridine rings is 1. The first kappa shape index (κ1) is 21.2. The number of fused-ring (bicyclic) bond motifs is 1. The van der Waals surface area contributed by atoms with E-state index >= 15 is 0 Å². The quantitative estimate of drug-likeness (QED) is 0.331. The fraction of sp³-hybridized carbons (Fsp3) is 0.0345. The van der Waals surface area contributed by atoms with E-state index in [0.29, 0.717) is 33.5 Å². The number of para-hydroxylation sites is 2. The van der Waals surface area contributed by atoms with E-state index in [2.05, 4.69) is 4.99 Å². The Kier molecular flexibility index (Phi) is 5.67. The average Bonchev–Trinajstić information content (AvgIpc) is 2.90. The molecular weight excluding hydrogens is 424 g/mol. The van der Waals surface area contributed by atoms with Gasteiger partial charge >= 0.3 is 0 Å². The molecule has 0 atom stereocenters. The second-order valence-electron chi connectivity index (χ2n) is 7.77. The van der Waals surface area contributed by atoms with Crippen molar-refractivity contribution in [2.24, 2.45) is 4.99 Å². The van der Waals surface area contributed by atoms with Crippen LogP contribution in [0.15, 0.2) is 113 Å². The van der Waals surface area contributed by atoms with Gasteiger partial charge in [0.05, 0.1) is 18.4 Å². The number of hydrogen-bond acceptors (Lipinski definition) is 4. The van der Waals surface area contributed by atoms with Gasteiger partial charge in [-0.05, 0) is 41.5 Å². The molecule has 4 aromatic carbocycles. The highest BCUT2D eigenvalue weighted by Crippen LogP contribution is 2.30. The summed E-state index contributed by atoms with van der Waals surface area (Å²) in [7, 11) is 1.58. The normalized spacial score (nSPS) is 11.2. The van der Waals surface area contributed by atoms with Crippen LogP contribution in [0.5, 0.6) is 11.6 Å². The standard InChI is InChI=1S/C29H22N2O3/c1-34-27-14-8-7-13-26(27)30-19-25-23-11-5-6-12-24(23)28(32)31(29(25)33)22-17-15-21(16-18-22)20-9-3-2-4-10-20/h2-19,33H,1H3. The third-order valence-electron chi connectivity index (χ3n) is 5.75. The molecule has 0 saturated carbocycles. The van der Waals surface area contributed by atoms with Crippen molar-refractivity contribution in [1.29, 1.82) is 0 Å². The van der Waals surface area contributed by atoms with Crippen LogP contribution in [-0.4, -0.2) is 23.0 Å². The number of rotatable bonds is 5. The highest BCUT2D eigenvalue weighted by atomic mass is 16.5. The highest BCUT2D eigenvalue weighted by Gasteiger charge is 2.16. The van der Waals surface area contributed by atoms with Crippen LogP contribution in [0, 0.1) is 0 Å². The van der Waals surface area contributed by atoms with Crippen LogP contribution in [0.25, 0.3) is 27.6 Å². The molecule has 0 amide bonds. The van der Waals surface area contributed by atoms with Crippen LogP contribution in [0.2, 0.25) is 0 Å². The lowest BCUT2D eigenvalue weighted by Gasteiger charge is -2.14. The number of hydrogen-bond donors (Lipinski definition) is 1. The van der Waals surface area contributed by atoms with Gasteiger partial charge in [0.2, 0.25) is 5.88 Å². The molecule has 1 N–H and O–H groups in total. The van der Waals surface area contributed by atoms with Crippen molar-refractivity contribution in [2.45, 2.75) is 0 Å². The van der Waals surface area contributed by atoms with Gasteiger partial charge in [-0.1, -0.05) is 72.8 Å². The summed E-state index contributed by atoms with van der Waals surface area (Å²) >= 11 is 0. The zero-order valence-electron chi connectivity index (χ0n) is 18.6. The predicted molar refractivity (Wildman–Crippen MR) is 137 cm³/mol. The minimum absolute atomic E-state index is 0.171. The first-order chi connectivity index (χ1) is 16.7. The van der Waals surface area contributed by atoms with Crippen LogP contribution in [0.1, 0.15) is 5.56 Å². The number of aliphatic imine (C=N–C) groups is 1. The molecule has 5 aromatic rings. The van der Waals surface area contributed by atoms with Gasteiger partial charge in [0.1, 0.15) is 11.4 Å². The molecule has 0 aliphatic heterocycles. The van der Waals surface area contributed by atoms with E-state index < -0.39 is 0 Å². The largest absolute Gasteiger partial charge is 0.494 e. The van der Waals surface area contributed by atoms with Crippen LogP contribution < -0.4 is 10.3 Å². The molecule has 0 aliphatic rings. The Morgan fingerprint density at radius 2 is 1.38 bits per heavy atom. The fourth-order valence-corrected chi connectivity index (χ4v) is 4.03. The predicted octanol–water partition coefficient (Wildman–Crippen LogP) is 6.12. The summed E-state index contributed by atoms with van der Waals surface area (Å²) in [5, 5.41) is 12.4. The Labute approximate surface area is 196 Å². The van der Waals surface area contributed by atoms with E-state index in [-0.39, 0.29) is 11.4 Å². The molecule has 166 valence electrons. The summed E-state index contributed by atoms with van der Waals surface area (Å²) in [4.78, 5) is 17.9. The van der Waals surface area contributed by atoms with Crippen molar-refractivity contribution in [3.05, 3.63) is 119 Å². The monoisotopic (exact) mass is 446 g/mol. The topological polar surface area (TPSA) is 63.8 Å². The summed E-state index contributed by atoms with van der Waals surface area (Å²) in [6.45, 7) is 0. The van der Waals surface area contributed by atoms with E-state index in [9.17, 15) is 9.90 Å². The summed E-state index contributed by atoms with van der Waals surface area (Å²) in [6, 6.07) is 32.1. The molecule has 0 saturated heterocycles. The Morgan fingerprint density at radius 1 is 0.765 bits per heavy atom. The van der Waals surface area contributed by atoms with E-state index in [1.54, 1.807) is 19.4 Å². The summed E-state index contributed by atoms with van der Waals surface area (Å²) < 4.78 is 6.70. The first-order valence-corrected chi connectivity index (χ1v) is 10.9. The third-order valence-corrected chi connectivity index (χ3v) is 5.75. The molecule has 0 fully saturated rings. The van der Waals surface area contributed by atoms with Gasteiger partial charge in [0.25, 0.3) is 5.56 Å². The number of nitrogens with zero attached hydrogens (tertiary/aromatic N) is 2. The van der Waals surface area contributed by atoms with Gasteiger partial charge in [-0.2, -0.15) is 0 Å². The minimum atomic E-state index is -0.296. The summed E-state index contributed by atoms with van der Waals surface area (Å²) in [6.07, 6.45) is 1.57. The molecule has 1 heterocycles. The van der Waals surface area contributed by atoms with Crippen molar-refractivity contribution in [1.82, 2.24) is 4.57 Å². The van der Waals surface area contributed by atoms with Crippen LogP contribution in [0.4, 0.5) is 5.69 Å². The lowest BCUT2D eigenvalue weighted by molar-refractivity contribution is 0.416. The van der Waals surface area contributed by atoms with Gasteiger partial charge in [-0.3, -0.25) is 9.79 Å². The Balaban J connectivity index is 1.66. The first-order valence-electron chi connectivity index (χ1n) is 10.9. The van der Waals surface area contributed by atoms with Gasteiger partial charge < -0.3 is 9.84 Å². The van der Waals surface area contributed by atoms with Crippen molar-refractivity contribution in [3.63, 3.8) is 0 Å². The van der Waals surface area contributed by atoms with Gasteiger partial charge in [-0.15, -0.1) is 0 Å². The van der Waals surface area contributed by atoms with Crippen LogP contribution in [0.3, 0.4) is 0 Å². The maximum atomic E-state index is 13.4. The average molecular weight is 447 g/mol. The molecule has 0 bridgehead atoms. The Hall–Kier alpha value is -4.64. The molecule has 34 heavy (non-hydrogen) atoms. The highest BCUT2D eigenvalue weighted by molar-refractivity contribution is 6.02. The molecule has 0 spiro atoms. The smallest absolute Gasteiger partial charge is 0.265 e. The zero-order valence-corrected chi connectivity index (χ0v) is 18.6. The van der Waals surface area contributed by atoms with Gasteiger partial charge in [-0.25, -0.2) is 4.57 Å². The van der Waals surface area contributed by atoms with Crippen molar-refractivity contribution >= 4 is 22.7 Å². The number of ether oxygens (including phenoxy) is 1. The molecule has 0 radical (unpaired) electrons. The van der Waals surface area contributed by atoms with E-state index in [1.807, 2.05) is 97.1 Å². The van der Waals surface area contributed by atoms with E-state index in [1.165, 1.54) is 4.57 Å². The van der Waals surface area contributed by atoms with Crippen molar-refractivity contribution in [3.8, 4) is 28.4 Å². The Bertz CT molecular complexity index is 1550. The van der Waals surface area contributed by atoms with E-state index in [4.69, 9.17) is 4.74 Å². The lowest BCUT2D eigenvalue weighted by Crippen LogP contribution is -2.20. The van der Waals surface area contributed by atoms with Crippen molar-refractivity contribution in [2.75, 3.05) is 7.11 Å². The fourth-order valence-electron chi connectivity index (χ4n) is 4.03. The molecule has 5 rings (SSSR count). The number of methoxy groups -OCH3 is 1. The van der Waals surface area contributed by atoms with Crippen molar-refractivity contribution < 1.29 is 9.84 Å². The van der Waals surface area contributed by atoms with Crippen LogP contribution >= 0.6 is 0 Å². The SMILES string of the molecule is COc1ccccc1N=Cc1c(O)n(-c2ccc(-c3ccccc3)cc2)c(=O)c2ccccc12. The zero-order chi connectivity index (χ0) is 23.5. The molecular formula is C29H22N2O3. The molecule has 5 nitrogen and oxygen atoms in total. The summed E-state index contributed by atoms with van der Waals surface area (Å²) in [5.41, 5.74) is 3.45. The number of benzene rings is 4.